The molecule has 122 valence electrons. The van der Waals surface area contributed by atoms with Gasteiger partial charge in [0.25, 0.3) is 0 Å². The maximum absolute atomic E-state index is 11.9. The van der Waals surface area contributed by atoms with Crippen molar-refractivity contribution in [1.82, 2.24) is 4.90 Å². The molecule has 0 spiro atoms. The van der Waals surface area contributed by atoms with Crippen LogP contribution in [0.2, 0.25) is 0 Å². The molecular formula is C18H29N3O. The third-order valence-corrected chi connectivity index (χ3v) is 4.37. The molecule has 1 aliphatic heterocycles. The first-order valence-corrected chi connectivity index (χ1v) is 8.61. The van der Waals surface area contributed by atoms with E-state index in [-0.39, 0.29) is 5.91 Å². The van der Waals surface area contributed by atoms with Gasteiger partial charge in [-0.25, -0.2) is 0 Å². The molecule has 1 saturated heterocycles. The number of benzene rings is 1. The highest BCUT2D eigenvalue weighted by Gasteiger charge is 2.11. The molecule has 1 aliphatic rings. The molecule has 0 bridgehead atoms. The van der Waals surface area contributed by atoms with Gasteiger partial charge in [0.2, 0.25) is 5.91 Å². The Balaban J connectivity index is 1.77. The quantitative estimate of drug-likeness (QED) is 0.839. The Bertz CT molecular complexity index is 448. The van der Waals surface area contributed by atoms with Crippen LogP contribution in [0, 0.1) is 0 Å². The zero-order valence-corrected chi connectivity index (χ0v) is 14.0. The second kappa shape index (κ2) is 8.66. The zero-order valence-electron chi connectivity index (χ0n) is 14.0. The van der Waals surface area contributed by atoms with Crippen molar-refractivity contribution in [1.29, 1.82) is 0 Å². The van der Waals surface area contributed by atoms with Gasteiger partial charge >= 0.3 is 0 Å². The first-order chi connectivity index (χ1) is 10.7. The molecule has 1 aromatic carbocycles. The van der Waals surface area contributed by atoms with Crippen LogP contribution in [0.1, 0.15) is 39.5 Å². The summed E-state index contributed by atoms with van der Waals surface area (Å²) >= 11 is 0. The van der Waals surface area contributed by atoms with Gasteiger partial charge in [0.15, 0.2) is 0 Å². The van der Waals surface area contributed by atoms with Gasteiger partial charge in [-0.15, -0.1) is 0 Å². The van der Waals surface area contributed by atoms with Crippen LogP contribution in [0.5, 0.6) is 0 Å². The summed E-state index contributed by atoms with van der Waals surface area (Å²) in [5.74, 6) is 0.224. The van der Waals surface area contributed by atoms with Gasteiger partial charge in [0.1, 0.15) is 0 Å². The van der Waals surface area contributed by atoms with Gasteiger partial charge in [0, 0.05) is 50.5 Å². The van der Waals surface area contributed by atoms with Crippen LogP contribution < -0.4 is 10.2 Å². The minimum atomic E-state index is 0.224. The second-order valence-electron chi connectivity index (χ2n) is 5.84. The lowest BCUT2D eigenvalue weighted by atomic mass is 10.1. The van der Waals surface area contributed by atoms with E-state index in [1.165, 1.54) is 38.0 Å². The Kier molecular flexibility index (Phi) is 6.56. The van der Waals surface area contributed by atoms with Crippen molar-refractivity contribution >= 4 is 17.3 Å². The number of hydrogen-bond acceptors (Lipinski definition) is 3. The fourth-order valence-corrected chi connectivity index (χ4v) is 2.99. The topological polar surface area (TPSA) is 35.6 Å². The number of nitrogens with one attached hydrogen (secondary N) is 1. The summed E-state index contributed by atoms with van der Waals surface area (Å²) < 4.78 is 0. The molecule has 0 aromatic heterocycles. The highest BCUT2D eigenvalue weighted by atomic mass is 16.2. The standard InChI is InChI=1S/C18H29N3O/c1-3-20(4-2)18(22)12-13-19-16-8-10-17(11-9-16)21-14-6-5-7-15-21/h8-11,19H,3-7,12-15H2,1-2H3. The molecule has 0 saturated carbocycles. The first-order valence-electron chi connectivity index (χ1n) is 8.61. The molecule has 0 radical (unpaired) electrons. The van der Waals surface area contributed by atoms with E-state index in [4.69, 9.17) is 0 Å². The summed E-state index contributed by atoms with van der Waals surface area (Å²) in [4.78, 5) is 16.3. The number of piperidine rings is 1. The van der Waals surface area contributed by atoms with Gasteiger partial charge in [-0.1, -0.05) is 0 Å². The number of hydrogen-bond donors (Lipinski definition) is 1. The molecular weight excluding hydrogens is 274 g/mol. The van der Waals surface area contributed by atoms with Gasteiger partial charge in [-0.3, -0.25) is 4.79 Å². The van der Waals surface area contributed by atoms with E-state index in [0.717, 1.165) is 18.8 Å². The predicted octanol–water partition coefficient (Wildman–Crippen LogP) is 3.35. The third kappa shape index (κ3) is 4.65. The number of amides is 1. The fourth-order valence-electron chi connectivity index (χ4n) is 2.99. The minimum absolute atomic E-state index is 0.224. The normalized spacial score (nSPS) is 14.7. The average Bonchev–Trinajstić information content (AvgIpc) is 2.57. The summed E-state index contributed by atoms with van der Waals surface area (Å²) in [6.07, 6.45) is 4.51. The highest BCUT2D eigenvalue weighted by Crippen LogP contribution is 2.21. The Morgan fingerprint density at radius 3 is 2.32 bits per heavy atom. The van der Waals surface area contributed by atoms with Crippen LogP contribution in [-0.2, 0) is 4.79 Å². The van der Waals surface area contributed by atoms with E-state index in [1.807, 2.05) is 18.7 Å². The monoisotopic (exact) mass is 303 g/mol. The fraction of sp³-hybridized carbons (Fsp3) is 0.611. The smallest absolute Gasteiger partial charge is 0.224 e. The molecule has 0 aliphatic carbocycles. The van der Waals surface area contributed by atoms with Crippen LogP contribution >= 0.6 is 0 Å². The number of anilines is 2. The van der Waals surface area contributed by atoms with Gasteiger partial charge in [-0.2, -0.15) is 0 Å². The first kappa shape index (κ1) is 16.7. The third-order valence-electron chi connectivity index (χ3n) is 4.37. The average molecular weight is 303 g/mol. The lowest BCUT2D eigenvalue weighted by Crippen LogP contribution is -2.31. The lowest BCUT2D eigenvalue weighted by Gasteiger charge is -2.28. The summed E-state index contributed by atoms with van der Waals surface area (Å²) in [6.45, 7) is 8.66. The Morgan fingerprint density at radius 1 is 1.09 bits per heavy atom. The maximum atomic E-state index is 11.9. The Hall–Kier alpha value is -1.71. The summed E-state index contributed by atoms with van der Waals surface area (Å²) in [5.41, 5.74) is 2.40. The van der Waals surface area contributed by atoms with Crippen molar-refractivity contribution in [3.63, 3.8) is 0 Å². The molecule has 22 heavy (non-hydrogen) atoms. The molecule has 1 fully saturated rings. The number of carbonyl (C=O) groups excluding carboxylic acids is 1. The van der Waals surface area contributed by atoms with E-state index in [1.54, 1.807) is 0 Å². The summed E-state index contributed by atoms with van der Waals surface area (Å²) in [5, 5.41) is 3.34. The summed E-state index contributed by atoms with van der Waals surface area (Å²) in [7, 11) is 0. The lowest BCUT2D eigenvalue weighted by molar-refractivity contribution is -0.130. The molecule has 1 heterocycles. The van der Waals surface area contributed by atoms with E-state index < -0.39 is 0 Å². The SMILES string of the molecule is CCN(CC)C(=O)CCNc1ccc(N2CCCCC2)cc1. The van der Waals surface area contributed by atoms with Crippen LogP contribution in [0.15, 0.2) is 24.3 Å². The van der Waals surface area contributed by atoms with Crippen molar-refractivity contribution < 1.29 is 4.79 Å². The molecule has 4 heteroatoms. The number of rotatable bonds is 7. The van der Waals surface area contributed by atoms with Crippen molar-refractivity contribution in [3.05, 3.63) is 24.3 Å². The number of nitrogens with zero attached hydrogens (tertiary/aromatic N) is 2. The van der Waals surface area contributed by atoms with Crippen molar-refractivity contribution in [3.8, 4) is 0 Å². The second-order valence-corrected chi connectivity index (χ2v) is 5.84. The molecule has 1 aromatic rings. The Labute approximate surface area is 134 Å². The zero-order chi connectivity index (χ0) is 15.8. The molecule has 0 atom stereocenters. The van der Waals surface area contributed by atoms with Crippen LogP contribution in [0.3, 0.4) is 0 Å². The molecule has 2 rings (SSSR count). The van der Waals surface area contributed by atoms with E-state index in [2.05, 4.69) is 34.5 Å². The minimum Gasteiger partial charge on any atom is -0.385 e. The molecule has 1 N–H and O–H groups in total. The predicted molar refractivity (Wildman–Crippen MR) is 93.5 cm³/mol. The molecule has 4 nitrogen and oxygen atoms in total. The van der Waals surface area contributed by atoms with Gasteiger partial charge in [0.05, 0.1) is 0 Å². The van der Waals surface area contributed by atoms with Crippen LogP contribution in [0.4, 0.5) is 11.4 Å². The maximum Gasteiger partial charge on any atom is 0.224 e. The van der Waals surface area contributed by atoms with Gasteiger partial charge < -0.3 is 15.1 Å². The van der Waals surface area contributed by atoms with E-state index in [0.29, 0.717) is 13.0 Å². The van der Waals surface area contributed by atoms with Crippen molar-refractivity contribution in [2.75, 3.05) is 42.9 Å². The van der Waals surface area contributed by atoms with Crippen LogP contribution in [-0.4, -0.2) is 43.5 Å². The van der Waals surface area contributed by atoms with Crippen molar-refractivity contribution in [2.45, 2.75) is 39.5 Å². The highest BCUT2D eigenvalue weighted by molar-refractivity contribution is 5.76. The van der Waals surface area contributed by atoms with Crippen molar-refractivity contribution in [2.24, 2.45) is 0 Å². The van der Waals surface area contributed by atoms with Gasteiger partial charge in [-0.05, 0) is 57.4 Å². The molecule has 0 unspecified atom stereocenters. The van der Waals surface area contributed by atoms with E-state index in [9.17, 15) is 4.79 Å². The summed E-state index contributed by atoms with van der Waals surface area (Å²) in [6, 6.07) is 8.59. The Morgan fingerprint density at radius 2 is 1.73 bits per heavy atom. The molecule has 1 amide bonds. The van der Waals surface area contributed by atoms with E-state index >= 15 is 0 Å². The van der Waals surface area contributed by atoms with Crippen LogP contribution in [0.25, 0.3) is 0 Å². The largest absolute Gasteiger partial charge is 0.385 e. The number of carbonyl (C=O) groups is 1.